The fraction of sp³-hybridized carbons (Fsp3) is 0.273. The molecule has 6 nitrogen and oxygen atoms in total. The molecule has 0 spiro atoms. The lowest BCUT2D eigenvalue weighted by molar-refractivity contribution is 0.577. The molecule has 0 bridgehead atoms. The van der Waals surface area contributed by atoms with E-state index in [4.69, 9.17) is 0 Å². The molecule has 1 aliphatic rings. The molecule has 17 heavy (non-hydrogen) atoms. The summed E-state index contributed by atoms with van der Waals surface area (Å²) in [7, 11) is 2.06. The maximum absolute atomic E-state index is 4.42. The van der Waals surface area contributed by atoms with E-state index in [1.807, 2.05) is 12.3 Å². The normalized spacial score (nSPS) is 14.6. The number of nitrogens with one attached hydrogen (secondary N) is 3. The molecule has 0 aromatic carbocycles. The number of aromatic nitrogens is 2. The highest BCUT2D eigenvalue weighted by atomic mass is 15.8. The highest BCUT2D eigenvalue weighted by Crippen LogP contribution is 2.23. The Balaban J connectivity index is 2.22. The fourth-order valence-corrected chi connectivity index (χ4v) is 2.09. The lowest BCUT2D eigenvalue weighted by atomic mass is 10.2. The van der Waals surface area contributed by atoms with Gasteiger partial charge in [0, 0.05) is 24.3 Å². The molecule has 2 aromatic heterocycles. The molecule has 6 heteroatoms. The van der Waals surface area contributed by atoms with Gasteiger partial charge in [0.15, 0.2) is 5.84 Å². The molecule has 0 unspecified atom stereocenters. The molecular weight excluding hydrogens is 216 g/mol. The molecule has 2 aromatic rings. The van der Waals surface area contributed by atoms with Crippen LogP contribution in [-0.4, -0.2) is 15.4 Å². The fourth-order valence-electron chi connectivity index (χ4n) is 2.09. The SMILES string of the molecule is Cc1c(C)n(C)c2cc(C3=NNNN3)ncc12. The first-order valence-electron chi connectivity index (χ1n) is 5.44. The molecule has 0 saturated carbocycles. The molecule has 88 valence electrons. The van der Waals surface area contributed by atoms with Gasteiger partial charge in [-0.2, -0.15) is 0 Å². The van der Waals surface area contributed by atoms with Crippen molar-refractivity contribution in [2.45, 2.75) is 13.8 Å². The van der Waals surface area contributed by atoms with Crippen molar-refractivity contribution in [2.75, 3.05) is 0 Å². The molecule has 3 rings (SSSR count). The second-order valence-corrected chi connectivity index (χ2v) is 4.18. The van der Waals surface area contributed by atoms with Gasteiger partial charge in [-0.05, 0) is 25.5 Å². The first-order chi connectivity index (χ1) is 8.18. The minimum absolute atomic E-state index is 0.698. The summed E-state index contributed by atoms with van der Waals surface area (Å²) in [5.74, 6) is 0.698. The van der Waals surface area contributed by atoms with Crippen LogP contribution in [0.2, 0.25) is 0 Å². The highest BCUT2D eigenvalue weighted by Gasteiger charge is 2.13. The van der Waals surface area contributed by atoms with Gasteiger partial charge in [0.1, 0.15) is 5.69 Å². The second-order valence-electron chi connectivity index (χ2n) is 4.18. The van der Waals surface area contributed by atoms with Crippen LogP contribution in [0.4, 0.5) is 0 Å². The van der Waals surface area contributed by atoms with Crippen molar-refractivity contribution in [3.63, 3.8) is 0 Å². The summed E-state index contributed by atoms with van der Waals surface area (Å²) in [5, 5.41) is 5.23. The van der Waals surface area contributed by atoms with Gasteiger partial charge in [-0.1, -0.05) is 0 Å². The smallest absolute Gasteiger partial charge is 0.189 e. The van der Waals surface area contributed by atoms with Crippen LogP contribution < -0.4 is 16.5 Å². The van der Waals surface area contributed by atoms with Crippen molar-refractivity contribution in [3.05, 3.63) is 29.2 Å². The van der Waals surface area contributed by atoms with E-state index in [2.05, 4.69) is 52.0 Å². The average molecular weight is 230 g/mol. The van der Waals surface area contributed by atoms with E-state index in [0.717, 1.165) is 5.69 Å². The zero-order chi connectivity index (χ0) is 12.0. The quantitative estimate of drug-likeness (QED) is 0.666. The topological polar surface area (TPSA) is 66.3 Å². The number of hydrazone groups is 1. The number of rotatable bonds is 1. The third-order valence-electron chi connectivity index (χ3n) is 3.34. The molecule has 3 N–H and O–H groups in total. The summed E-state index contributed by atoms with van der Waals surface area (Å²) in [5.41, 5.74) is 12.7. The largest absolute Gasteiger partial charge is 0.348 e. The van der Waals surface area contributed by atoms with Gasteiger partial charge in [0.05, 0.1) is 5.52 Å². The van der Waals surface area contributed by atoms with Gasteiger partial charge in [-0.25, -0.2) is 5.53 Å². The Morgan fingerprint density at radius 3 is 2.82 bits per heavy atom. The van der Waals surface area contributed by atoms with Crippen LogP contribution in [0.25, 0.3) is 10.9 Å². The van der Waals surface area contributed by atoms with E-state index < -0.39 is 0 Å². The molecule has 0 amide bonds. The zero-order valence-corrected chi connectivity index (χ0v) is 10.00. The maximum Gasteiger partial charge on any atom is 0.189 e. The van der Waals surface area contributed by atoms with Gasteiger partial charge in [0.25, 0.3) is 0 Å². The lowest BCUT2D eigenvalue weighted by Gasteiger charge is -2.02. The number of hydrogen-bond donors (Lipinski definition) is 3. The van der Waals surface area contributed by atoms with E-state index in [-0.39, 0.29) is 0 Å². The van der Waals surface area contributed by atoms with Crippen molar-refractivity contribution in [2.24, 2.45) is 12.1 Å². The van der Waals surface area contributed by atoms with Gasteiger partial charge < -0.3 is 4.57 Å². The molecule has 0 radical (unpaired) electrons. The van der Waals surface area contributed by atoms with Crippen molar-refractivity contribution in [3.8, 4) is 0 Å². The summed E-state index contributed by atoms with van der Waals surface area (Å²) >= 11 is 0. The van der Waals surface area contributed by atoms with Crippen molar-refractivity contribution in [1.29, 1.82) is 0 Å². The van der Waals surface area contributed by atoms with Crippen molar-refractivity contribution >= 4 is 16.7 Å². The van der Waals surface area contributed by atoms with Crippen LogP contribution in [-0.2, 0) is 7.05 Å². The minimum Gasteiger partial charge on any atom is -0.348 e. The Labute approximate surface area is 98.7 Å². The number of fused-ring (bicyclic) bond motifs is 1. The molecule has 0 saturated heterocycles. The minimum atomic E-state index is 0.698. The van der Waals surface area contributed by atoms with Crippen LogP contribution in [0.1, 0.15) is 17.0 Å². The predicted molar refractivity (Wildman–Crippen MR) is 66.1 cm³/mol. The first-order valence-corrected chi connectivity index (χ1v) is 5.44. The van der Waals surface area contributed by atoms with E-state index in [1.54, 1.807) is 0 Å². The van der Waals surface area contributed by atoms with E-state index in [9.17, 15) is 0 Å². The van der Waals surface area contributed by atoms with Crippen molar-refractivity contribution in [1.82, 2.24) is 26.0 Å². The number of hydrazine groups is 2. The number of pyridine rings is 1. The predicted octanol–water partition coefficient (Wildman–Crippen LogP) is 0.464. The standard InChI is InChI=1S/C11H14N6/c1-6-7(2)17(3)10-4-9(12-5-8(6)10)11-13-15-16-14-11/h4-5,15-16H,1-3H3,(H,13,14). The van der Waals surface area contributed by atoms with Crippen LogP contribution >= 0.6 is 0 Å². The average Bonchev–Trinajstić information content (AvgIpc) is 2.94. The zero-order valence-electron chi connectivity index (χ0n) is 10.00. The summed E-state index contributed by atoms with van der Waals surface area (Å²) in [6.07, 6.45) is 1.90. The van der Waals surface area contributed by atoms with Crippen LogP contribution in [0.15, 0.2) is 17.4 Å². The molecule has 1 aliphatic heterocycles. The van der Waals surface area contributed by atoms with Crippen LogP contribution in [0.3, 0.4) is 0 Å². The van der Waals surface area contributed by atoms with E-state index >= 15 is 0 Å². The lowest BCUT2D eigenvalue weighted by Crippen LogP contribution is -2.35. The summed E-state index contributed by atoms with van der Waals surface area (Å²) in [6.45, 7) is 4.23. The second kappa shape index (κ2) is 3.46. The van der Waals surface area contributed by atoms with Crippen LogP contribution in [0, 0.1) is 13.8 Å². The van der Waals surface area contributed by atoms with E-state index in [0.29, 0.717) is 5.84 Å². The summed E-state index contributed by atoms with van der Waals surface area (Å²) in [6, 6.07) is 2.04. The summed E-state index contributed by atoms with van der Waals surface area (Å²) < 4.78 is 2.17. The highest BCUT2D eigenvalue weighted by molar-refractivity contribution is 6.00. The monoisotopic (exact) mass is 230 g/mol. The molecular formula is C11H14N6. The Morgan fingerprint density at radius 2 is 2.12 bits per heavy atom. The first kappa shape index (κ1) is 10.1. The van der Waals surface area contributed by atoms with Crippen molar-refractivity contribution < 1.29 is 0 Å². The van der Waals surface area contributed by atoms with Gasteiger partial charge >= 0.3 is 0 Å². The third kappa shape index (κ3) is 1.38. The van der Waals surface area contributed by atoms with Gasteiger partial charge in [-0.15, -0.1) is 10.6 Å². The van der Waals surface area contributed by atoms with E-state index in [1.165, 1.54) is 22.2 Å². The molecule has 3 heterocycles. The molecule has 0 fully saturated rings. The third-order valence-corrected chi connectivity index (χ3v) is 3.34. The van der Waals surface area contributed by atoms with Crippen LogP contribution in [0.5, 0.6) is 0 Å². The number of hydrogen-bond acceptors (Lipinski definition) is 5. The number of aryl methyl sites for hydroxylation is 2. The Hall–Kier alpha value is -2.08. The summed E-state index contributed by atoms with van der Waals surface area (Å²) in [4.78, 5) is 4.42. The number of amidine groups is 1. The maximum atomic E-state index is 4.42. The van der Waals surface area contributed by atoms with Gasteiger partial charge in [0.2, 0.25) is 0 Å². The Morgan fingerprint density at radius 1 is 1.29 bits per heavy atom. The van der Waals surface area contributed by atoms with Gasteiger partial charge in [-0.3, -0.25) is 10.4 Å². The molecule has 0 atom stereocenters. The Kier molecular flexibility index (Phi) is 2.05. The molecule has 0 aliphatic carbocycles. The number of nitrogens with zero attached hydrogens (tertiary/aromatic N) is 3. The Bertz CT molecular complexity index is 624.